The number of rotatable bonds is 0. The topological polar surface area (TPSA) is 0 Å². The van der Waals surface area contributed by atoms with Crippen LogP contribution in [-0.4, -0.2) is 0 Å². The molecule has 0 unspecified atom stereocenters. The van der Waals surface area contributed by atoms with E-state index in [-0.39, 0.29) is 0 Å². The lowest BCUT2D eigenvalue weighted by molar-refractivity contribution is 1.09. The standard InChI is InChI=1S/C10H8.C7H8.C3H8.5C2H6/c1-2-6-10-8-4-3-7-9(10)5-1;1-7-5-3-2-4-6-7;1-3-2;5*1-2/h1-8H;2-6H,1H3;3H2,1-2H3;5*1-2H3. The number of aryl methyl sites for hydroxylation is 1. The van der Waals surface area contributed by atoms with Crippen molar-refractivity contribution in [1.29, 1.82) is 0 Å². The molecule has 0 radical (unpaired) electrons. The lowest BCUT2D eigenvalue weighted by Crippen LogP contribution is -1.67. The van der Waals surface area contributed by atoms with Crippen molar-refractivity contribution >= 4 is 10.8 Å². The van der Waals surface area contributed by atoms with Crippen LogP contribution in [0, 0.1) is 6.92 Å². The monoisotopic (exact) mass is 414 g/mol. The molecule has 0 nitrogen and oxygen atoms in total. The summed E-state index contributed by atoms with van der Waals surface area (Å²) in [6, 6.07) is 27.0. The van der Waals surface area contributed by atoms with E-state index < -0.39 is 0 Å². The predicted octanol–water partition coefficient (Wildman–Crippen LogP) is 11.4. The average Bonchev–Trinajstić information content (AvgIpc) is 2.87. The molecule has 0 heterocycles. The molecule has 0 aromatic heterocycles. The largest absolute Gasteiger partial charge is 0.0683 e. The average molecular weight is 415 g/mol. The van der Waals surface area contributed by atoms with Gasteiger partial charge in [-0.25, -0.2) is 0 Å². The van der Waals surface area contributed by atoms with E-state index in [1.54, 1.807) is 0 Å². The minimum atomic E-state index is 1.25. The number of hydrogen-bond donors (Lipinski definition) is 0. The maximum atomic E-state index is 2.12. The predicted molar refractivity (Wildman–Crippen MR) is 148 cm³/mol. The van der Waals surface area contributed by atoms with Gasteiger partial charge in [-0.1, -0.05) is 174 Å². The first kappa shape index (κ1) is 38.5. The Bertz CT molecular complexity index is 516. The number of hydrogen-bond acceptors (Lipinski definition) is 0. The van der Waals surface area contributed by atoms with Crippen LogP contribution in [0.3, 0.4) is 0 Å². The first-order valence-electron chi connectivity index (χ1n) is 12.2. The summed E-state index contributed by atoms with van der Waals surface area (Å²) in [5, 5.41) is 2.62. The normalized spacial score (nSPS) is 6.97. The van der Waals surface area contributed by atoms with Gasteiger partial charge in [0.1, 0.15) is 0 Å². The quantitative estimate of drug-likeness (QED) is 0.343. The summed E-state index contributed by atoms with van der Waals surface area (Å²) in [5.41, 5.74) is 1.32. The lowest BCUT2D eigenvalue weighted by Gasteiger charge is -1.92. The summed E-state index contributed by atoms with van der Waals surface area (Å²) in [6.45, 7) is 26.3. The van der Waals surface area contributed by atoms with Crippen molar-refractivity contribution in [2.24, 2.45) is 0 Å². The Balaban J connectivity index is -0.0000000922. The zero-order chi connectivity index (χ0) is 24.6. The fourth-order valence-corrected chi connectivity index (χ4v) is 1.67. The van der Waals surface area contributed by atoms with Gasteiger partial charge in [0.15, 0.2) is 0 Å². The molecular weight excluding hydrogens is 360 g/mol. The first-order valence-corrected chi connectivity index (χ1v) is 12.2. The molecule has 0 aliphatic heterocycles. The van der Waals surface area contributed by atoms with E-state index in [0.29, 0.717) is 0 Å². The van der Waals surface area contributed by atoms with Crippen LogP contribution in [0.4, 0.5) is 0 Å². The van der Waals surface area contributed by atoms with Crippen molar-refractivity contribution in [3.05, 3.63) is 84.4 Å². The molecular formula is C30H54. The molecule has 0 N–H and O–H groups in total. The zero-order valence-corrected chi connectivity index (χ0v) is 22.7. The van der Waals surface area contributed by atoms with Crippen LogP contribution in [0.25, 0.3) is 10.8 Å². The Labute approximate surface area is 191 Å². The van der Waals surface area contributed by atoms with E-state index in [2.05, 4.69) is 81.4 Å². The number of fused-ring (bicyclic) bond motifs is 1. The van der Waals surface area contributed by atoms with Gasteiger partial charge >= 0.3 is 0 Å². The summed E-state index contributed by atoms with van der Waals surface area (Å²) < 4.78 is 0. The molecule has 0 aliphatic rings. The van der Waals surface area contributed by atoms with Crippen molar-refractivity contribution in [2.45, 2.75) is 96.4 Å². The Morgan fingerprint density at radius 1 is 0.400 bits per heavy atom. The van der Waals surface area contributed by atoms with Gasteiger partial charge in [0.05, 0.1) is 0 Å². The molecule has 0 bridgehead atoms. The highest BCUT2D eigenvalue weighted by molar-refractivity contribution is 5.81. The van der Waals surface area contributed by atoms with Gasteiger partial charge in [-0.15, -0.1) is 0 Å². The van der Waals surface area contributed by atoms with Crippen molar-refractivity contribution in [1.82, 2.24) is 0 Å². The third-order valence-electron chi connectivity index (χ3n) is 2.60. The smallest absolute Gasteiger partial charge is 0.0184 e. The van der Waals surface area contributed by atoms with Crippen molar-refractivity contribution in [2.75, 3.05) is 0 Å². The fourth-order valence-electron chi connectivity index (χ4n) is 1.67. The lowest BCUT2D eigenvalue weighted by atomic mass is 10.1. The highest BCUT2D eigenvalue weighted by Gasteiger charge is 1.85. The van der Waals surface area contributed by atoms with Crippen molar-refractivity contribution in [3.63, 3.8) is 0 Å². The van der Waals surface area contributed by atoms with E-state index in [1.807, 2.05) is 87.4 Å². The molecule has 3 aromatic rings. The summed E-state index contributed by atoms with van der Waals surface area (Å²) in [5.74, 6) is 0. The van der Waals surface area contributed by atoms with E-state index in [9.17, 15) is 0 Å². The van der Waals surface area contributed by atoms with Crippen LogP contribution in [0.15, 0.2) is 78.9 Å². The van der Waals surface area contributed by atoms with Gasteiger partial charge in [-0.3, -0.25) is 0 Å². The van der Waals surface area contributed by atoms with Crippen LogP contribution in [0.1, 0.15) is 95.1 Å². The van der Waals surface area contributed by atoms with Crippen LogP contribution in [0.5, 0.6) is 0 Å². The second kappa shape index (κ2) is 41.3. The molecule has 0 atom stereocenters. The third kappa shape index (κ3) is 28.1. The molecule has 0 fully saturated rings. The summed E-state index contributed by atoms with van der Waals surface area (Å²) in [6.07, 6.45) is 1.25. The molecule has 0 amide bonds. The minimum Gasteiger partial charge on any atom is -0.0683 e. The molecule has 0 saturated carbocycles. The summed E-state index contributed by atoms with van der Waals surface area (Å²) in [7, 11) is 0. The molecule has 0 aliphatic carbocycles. The molecule has 0 spiro atoms. The third-order valence-corrected chi connectivity index (χ3v) is 2.60. The van der Waals surface area contributed by atoms with Gasteiger partial charge in [0.25, 0.3) is 0 Å². The second-order valence-corrected chi connectivity index (χ2v) is 4.71. The molecule has 174 valence electrons. The van der Waals surface area contributed by atoms with Crippen LogP contribution >= 0.6 is 0 Å². The van der Waals surface area contributed by atoms with E-state index in [4.69, 9.17) is 0 Å². The van der Waals surface area contributed by atoms with Crippen molar-refractivity contribution in [3.8, 4) is 0 Å². The number of benzene rings is 3. The van der Waals surface area contributed by atoms with E-state index >= 15 is 0 Å². The van der Waals surface area contributed by atoms with Crippen LogP contribution in [0.2, 0.25) is 0 Å². The Morgan fingerprint density at radius 3 is 0.767 bits per heavy atom. The maximum Gasteiger partial charge on any atom is -0.0184 e. The Kier molecular flexibility index (Phi) is 53.1. The van der Waals surface area contributed by atoms with Gasteiger partial charge < -0.3 is 0 Å². The van der Waals surface area contributed by atoms with Gasteiger partial charge in [0.2, 0.25) is 0 Å². The van der Waals surface area contributed by atoms with Gasteiger partial charge in [-0.2, -0.15) is 0 Å². The molecule has 30 heavy (non-hydrogen) atoms. The highest BCUT2D eigenvalue weighted by atomic mass is 13.9. The Hall–Kier alpha value is -2.08. The molecule has 0 saturated heterocycles. The second-order valence-electron chi connectivity index (χ2n) is 4.71. The highest BCUT2D eigenvalue weighted by Crippen LogP contribution is 2.11. The Morgan fingerprint density at radius 2 is 0.600 bits per heavy atom. The van der Waals surface area contributed by atoms with Gasteiger partial charge in [-0.05, 0) is 17.7 Å². The van der Waals surface area contributed by atoms with E-state index in [1.165, 1.54) is 22.8 Å². The molecule has 3 aromatic carbocycles. The molecule has 3 rings (SSSR count). The SMILES string of the molecule is CC.CC.CC.CC.CC.CCC.Cc1ccccc1.c1ccc2ccccc2c1. The molecule has 0 heteroatoms. The van der Waals surface area contributed by atoms with Crippen LogP contribution < -0.4 is 0 Å². The van der Waals surface area contributed by atoms with E-state index in [0.717, 1.165) is 0 Å². The first-order chi connectivity index (χ1) is 14.8. The van der Waals surface area contributed by atoms with Gasteiger partial charge in [0, 0.05) is 0 Å². The summed E-state index contributed by atoms with van der Waals surface area (Å²) >= 11 is 0. The zero-order valence-electron chi connectivity index (χ0n) is 22.7. The van der Waals surface area contributed by atoms with Crippen LogP contribution in [-0.2, 0) is 0 Å². The fraction of sp³-hybridized carbons (Fsp3) is 0.467. The maximum absolute atomic E-state index is 2.12. The van der Waals surface area contributed by atoms with Crippen molar-refractivity contribution < 1.29 is 0 Å². The minimum absolute atomic E-state index is 1.25. The summed E-state index contributed by atoms with van der Waals surface area (Å²) in [4.78, 5) is 0.